The van der Waals surface area contributed by atoms with Crippen molar-refractivity contribution in [3.05, 3.63) is 80.1 Å². The number of rotatable bonds is 5. The third-order valence-corrected chi connectivity index (χ3v) is 5.75. The van der Waals surface area contributed by atoms with Gasteiger partial charge in [-0.15, -0.1) is 15.3 Å². The van der Waals surface area contributed by atoms with Crippen LogP contribution in [0.5, 0.6) is 0 Å². The minimum atomic E-state index is -4.13. The normalized spacial score (nSPS) is 19.0. The molecule has 1 aliphatic rings. The number of halogens is 2. The molecule has 1 unspecified atom stereocenters. The predicted octanol–water partition coefficient (Wildman–Crippen LogP) is 6.18. The van der Waals surface area contributed by atoms with Crippen LogP contribution in [-0.2, 0) is 15.6 Å². The molecule has 0 saturated heterocycles. The zero-order valence-electron chi connectivity index (χ0n) is 14.6. The van der Waals surface area contributed by atoms with Crippen molar-refractivity contribution < 1.29 is 13.5 Å². The Bertz CT molecular complexity index is 1220. The van der Waals surface area contributed by atoms with Crippen LogP contribution in [0.15, 0.2) is 83.9 Å². The second-order valence-electron chi connectivity index (χ2n) is 5.91. The van der Waals surface area contributed by atoms with Crippen LogP contribution in [0.25, 0.3) is 10.4 Å². The van der Waals surface area contributed by atoms with Gasteiger partial charge in [0.1, 0.15) is 5.69 Å². The number of nitrogens with zero attached hydrogens (tertiary/aromatic N) is 7. The van der Waals surface area contributed by atoms with Gasteiger partial charge in [-0.05, 0) is 48.4 Å². The monoisotopic (exact) mass is 451 g/mol. The van der Waals surface area contributed by atoms with Crippen LogP contribution in [0.3, 0.4) is 0 Å². The second-order valence-corrected chi connectivity index (χ2v) is 8.34. The van der Waals surface area contributed by atoms with Crippen LogP contribution in [0.4, 0.5) is 5.69 Å². The number of aliphatic hydroxyl groups excluding tert-OH is 1. The first-order chi connectivity index (χ1) is 13.7. The number of sulfonamides is 1. The molecule has 10 nitrogen and oxygen atoms in total. The lowest BCUT2D eigenvalue weighted by Crippen LogP contribution is -2.19. The van der Waals surface area contributed by atoms with Gasteiger partial charge < -0.3 is 5.11 Å². The van der Waals surface area contributed by atoms with Crippen molar-refractivity contribution in [3.63, 3.8) is 0 Å². The standard InChI is InChI=1S/C16H11Cl2N7O3S/c1-16(9-2-5-11(6-3-9)29(27,28)25-24-19)14(15(26)22-23-16)21-20-13-8-10(17)4-7-12(13)18/h2-8,26H,1H3/b21-20+. The van der Waals surface area contributed by atoms with Crippen molar-refractivity contribution in [2.75, 3.05) is 0 Å². The van der Waals surface area contributed by atoms with E-state index in [4.69, 9.17) is 28.7 Å². The third-order valence-electron chi connectivity index (χ3n) is 4.04. The Morgan fingerprint density at radius 2 is 1.83 bits per heavy atom. The maximum atomic E-state index is 11.8. The summed E-state index contributed by atoms with van der Waals surface area (Å²) in [5.74, 6) is -0.444. The Hall–Kier alpha value is -2.98. The molecule has 1 aliphatic heterocycles. The topological polar surface area (TPSA) is 153 Å². The van der Waals surface area contributed by atoms with Crippen molar-refractivity contribution in [2.45, 2.75) is 17.4 Å². The van der Waals surface area contributed by atoms with Gasteiger partial charge in [-0.3, -0.25) is 0 Å². The molecule has 3 rings (SSSR count). The molecule has 148 valence electrons. The van der Waals surface area contributed by atoms with E-state index in [1.165, 1.54) is 30.3 Å². The Kier molecular flexibility index (Phi) is 5.58. The summed E-state index contributed by atoms with van der Waals surface area (Å²) >= 11 is 12.0. The fourth-order valence-electron chi connectivity index (χ4n) is 2.51. The first kappa shape index (κ1) is 20.7. The van der Waals surface area contributed by atoms with Crippen LogP contribution < -0.4 is 0 Å². The van der Waals surface area contributed by atoms with Crippen molar-refractivity contribution in [1.29, 1.82) is 0 Å². The molecule has 1 N–H and O–H groups in total. The minimum absolute atomic E-state index is 0.0270. The highest BCUT2D eigenvalue weighted by Crippen LogP contribution is 2.42. The lowest BCUT2D eigenvalue weighted by atomic mass is 9.90. The number of aliphatic hydroxyl groups is 1. The van der Waals surface area contributed by atoms with Crippen LogP contribution in [-0.4, -0.2) is 13.5 Å². The average molecular weight is 452 g/mol. The summed E-state index contributed by atoms with van der Waals surface area (Å²) in [4.78, 5) is 2.11. The SMILES string of the molecule is CC1(c2ccc(S(=O)(=O)N=[N+]=[N-])cc2)N=NC(O)=C1/N=N/c1cc(Cl)ccc1Cl. The van der Waals surface area contributed by atoms with Gasteiger partial charge in [0.15, 0.2) is 11.2 Å². The van der Waals surface area contributed by atoms with Gasteiger partial charge in [0.05, 0.1) is 9.92 Å². The second kappa shape index (κ2) is 7.80. The van der Waals surface area contributed by atoms with Gasteiger partial charge in [-0.1, -0.05) is 35.3 Å². The average Bonchev–Trinajstić information content (AvgIpc) is 2.98. The minimum Gasteiger partial charge on any atom is -0.491 e. The lowest BCUT2D eigenvalue weighted by molar-refractivity contribution is 0.397. The first-order valence-electron chi connectivity index (χ1n) is 7.83. The molecule has 0 saturated carbocycles. The maximum Gasteiger partial charge on any atom is 0.264 e. The highest BCUT2D eigenvalue weighted by atomic mass is 35.5. The van der Waals surface area contributed by atoms with E-state index in [9.17, 15) is 13.5 Å². The quantitative estimate of drug-likeness (QED) is 0.327. The number of benzene rings is 2. The van der Waals surface area contributed by atoms with E-state index in [0.29, 0.717) is 15.6 Å². The van der Waals surface area contributed by atoms with Crippen molar-refractivity contribution in [2.24, 2.45) is 25.0 Å². The summed E-state index contributed by atoms with van der Waals surface area (Å²) in [5.41, 5.74) is 7.90. The van der Waals surface area contributed by atoms with Crippen molar-refractivity contribution in [3.8, 4) is 0 Å². The molecular formula is C16H11Cl2N7O3S. The van der Waals surface area contributed by atoms with Gasteiger partial charge in [0, 0.05) is 14.5 Å². The summed E-state index contributed by atoms with van der Waals surface area (Å²) in [7, 11) is -4.13. The van der Waals surface area contributed by atoms with Gasteiger partial charge >= 0.3 is 0 Å². The van der Waals surface area contributed by atoms with Crippen molar-refractivity contribution in [1.82, 2.24) is 0 Å². The fraction of sp³-hybridized carbons (Fsp3) is 0.125. The Morgan fingerprint density at radius 1 is 1.14 bits per heavy atom. The third kappa shape index (κ3) is 4.08. The molecule has 1 atom stereocenters. The first-order valence-corrected chi connectivity index (χ1v) is 10.0. The number of azo groups is 2. The fourth-order valence-corrected chi connectivity index (χ4v) is 3.50. The van der Waals surface area contributed by atoms with E-state index in [1.807, 2.05) is 0 Å². The molecule has 2 aromatic rings. The van der Waals surface area contributed by atoms with E-state index >= 15 is 0 Å². The molecule has 13 heteroatoms. The molecule has 0 amide bonds. The molecule has 0 radical (unpaired) electrons. The van der Waals surface area contributed by atoms with E-state index in [-0.39, 0.29) is 16.3 Å². The molecule has 1 heterocycles. The van der Waals surface area contributed by atoms with Crippen molar-refractivity contribution >= 4 is 38.9 Å². The molecule has 29 heavy (non-hydrogen) atoms. The summed E-state index contributed by atoms with van der Waals surface area (Å²) < 4.78 is 26.4. The zero-order chi connectivity index (χ0) is 21.2. The van der Waals surface area contributed by atoms with E-state index in [0.717, 1.165) is 0 Å². The molecule has 0 aromatic heterocycles. The molecule has 0 bridgehead atoms. The van der Waals surface area contributed by atoms with Gasteiger partial charge in [0.2, 0.25) is 0 Å². The van der Waals surface area contributed by atoms with Gasteiger partial charge in [0.25, 0.3) is 15.9 Å². The maximum absolute atomic E-state index is 11.8. The zero-order valence-corrected chi connectivity index (χ0v) is 16.9. The molecule has 0 aliphatic carbocycles. The van der Waals surface area contributed by atoms with Crippen LogP contribution >= 0.6 is 23.2 Å². The van der Waals surface area contributed by atoms with Crippen LogP contribution in [0.2, 0.25) is 10.0 Å². The Labute approximate surface area is 174 Å². The number of azide groups is 1. The Morgan fingerprint density at radius 3 is 2.48 bits per heavy atom. The highest BCUT2D eigenvalue weighted by Gasteiger charge is 2.39. The molecular weight excluding hydrogens is 441 g/mol. The number of hydrogen-bond donors (Lipinski definition) is 1. The lowest BCUT2D eigenvalue weighted by Gasteiger charge is -2.20. The molecule has 2 aromatic carbocycles. The van der Waals surface area contributed by atoms with Crippen LogP contribution in [0.1, 0.15) is 12.5 Å². The van der Waals surface area contributed by atoms with E-state index in [1.54, 1.807) is 19.1 Å². The summed E-state index contributed by atoms with van der Waals surface area (Å²) in [6.07, 6.45) is 0. The van der Waals surface area contributed by atoms with E-state index in [2.05, 4.69) is 29.9 Å². The molecule has 0 fully saturated rings. The predicted molar refractivity (Wildman–Crippen MR) is 106 cm³/mol. The smallest absolute Gasteiger partial charge is 0.264 e. The van der Waals surface area contributed by atoms with E-state index < -0.39 is 21.4 Å². The summed E-state index contributed by atoms with van der Waals surface area (Å²) in [5, 5.41) is 26.6. The highest BCUT2D eigenvalue weighted by molar-refractivity contribution is 7.90. The van der Waals surface area contributed by atoms with Gasteiger partial charge in [-0.25, -0.2) is 8.42 Å². The molecule has 0 spiro atoms. The Balaban J connectivity index is 1.98. The summed E-state index contributed by atoms with van der Waals surface area (Å²) in [6.45, 7) is 1.62. The van der Waals surface area contributed by atoms with Gasteiger partial charge in [-0.2, -0.15) is 5.11 Å². The summed E-state index contributed by atoms with van der Waals surface area (Å²) in [6, 6.07) is 10.0. The number of hydrogen-bond acceptors (Lipinski definition) is 7. The van der Waals surface area contributed by atoms with Crippen LogP contribution in [0, 0.1) is 0 Å². The largest absolute Gasteiger partial charge is 0.491 e.